The lowest BCUT2D eigenvalue weighted by atomic mass is 9.70. The average molecular weight is 212 g/mol. The summed E-state index contributed by atoms with van der Waals surface area (Å²) in [4.78, 5) is 22.4. The van der Waals surface area contributed by atoms with Crippen LogP contribution in [0.2, 0.25) is 0 Å². The van der Waals surface area contributed by atoms with Gasteiger partial charge in [-0.1, -0.05) is 13.8 Å². The molecule has 0 saturated heterocycles. The van der Waals surface area contributed by atoms with Crippen molar-refractivity contribution in [3.63, 3.8) is 0 Å². The van der Waals surface area contributed by atoms with Crippen molar-refractivity contribution < 1.29 is 9.59 Å². The van der Waals surface area contributed by atoms with E-state index in [-0.39, 0.29) is 11.7 Å². The number of rotatable bonds is 3. The zero-order chi connectivity index (χ0) is 11.6. The lowest BCUT2D eigenvalue weighted by molar-refractivity contribution is -0.126. The number of carbonyl (C=O) groups excluding carboxylic acids is 2. The van der Waals surface area contributed by atoms with Gasteiger partial charge in [0.15, 0.2) is 0 Å². The van der Waals surface area contributed by atoms with Gasteiger partial charge in [-0.2, -0.15) is 0 Å². The molecule has 0 aliphatic heterocycles. The van der Waals surface area contributed by atoms with Crippen LogP contribution in [0.5, 0.6) is 0 Å². The zero-order valence-corrected chi connectivity index (χ0v) is 9.40. The molecule has 0 spiro atoms. The highest BCUT2D eigenvalue weighted by Gasteiger charge is 2.36. The van der Waals surface area contributed by atoms with Gasteiger partial charge in [0.1, 0.15) is 5.78 Å². The topological polar surface area (TPSA) is 86.2 Å². The minimum absolute atomic E-state index is 0.0660. The maximum absolute atomic E-state index is 11.4. The highest BCUT2D eigenvalue weighted by Crippen LogP contribution is 2.35. The Morgan fingerprint density at radius 2 is 2.00 bits per heavy atom. The van der Waals surface area contributed by atoms with Gasteiger partial charge in [0.2, 0.25) is 5.91 Å². The van der Waals surface area contributed by atoms with E-state index in [4.69, 9.17) is 11.5 Å². The number of amides is 1. The first-order valence-electron chi connectivity index (χ1n) is 5.50. The SMILES string of the molecule is CC(C)C1CCC(=O)CC1C(N)C(N)=O. The number of hydrogen-bond donors (Lipinski definition) is 2. The van der Waals surface area contributed by atoms with Crippen LogP contribution in [-0.4, -0.2) is 17.7 Å². The van der Waals surface area contributed by atoms with Crippen LogP contribution in [0.4, 0.5) is 0 Å². The van der Waals surface area contributed by atoms with Gasteiger partial charge in [-0.25, -0.2) is 0 Å². The summed E-state index contributed by atoms with van der Waals surface area (Å²) in [7, 11) is 0. The molecule has 1 saturated carbocycles. The van der Waals surface area contributed by atoms with E-state index in [1.54, 1.807) is 0 Å². The lowest BCUT2D eigenvalue weighted by Gasteiger charge is -2.36. The second kappa shape index (κ2) is 4.75. The molecule has 1 aliphatic rings. The van der Waals surface area contributed by atoms with E-state index in [9.17, 15) is 9.59 Å². The van der Waals surface area contributed by atoms with Crippen molar-refractivity contribution in [2.45, 2.75) is 39.2 Å². The van der Waals surface area contributed by atoms with Crippen molar-refractivity contribution in [1.82, 2.24) is 0 Å². The zero-order valence-electron chi connectivity index (χ0n) is 9.40. The molecular weight excluding hydrogens is 192 g/mol. The van der Waals surface area contributed by atoms with Crippen LogP contribution in [0.15, 0.2) is 0 Å². The van der Waals surface area contributed by atoms with Crippen molar-refractivity contribution in [2.24, 2.45) is 29.2 Å². The van der Waals surface area contributed by atoms with Gasteiger partial charge in [-0.05, 0) is 24.2 Å². The Kier molecular flexibility index (Phi) is 3.85. The Hall–Kier alpha value is -0.900. The summed E-state index contributed by atoms with van der Waals surface area (Å²) in [5.74, 6) is 0.413. The Morgan fingerprint density at radius 1 is 1.40 bits per heavy atom. The highest BCUT2D eigenvalue weighted by atomic mass is 16.1. The smallest absolute Gasteiger partial charge is 0.234 e. The Bertz CT molecular complexity index is 261. The molecule has 1 aliphatic carbocycles. The maximum atomic E-state index is 11.4. The van der Waals surface area contributed by atoms with Crippen LogP contribution in [-0.2, 0) is 9.59 Å². The molecule has 1 amide bonds. The molecule has 86 valence electrons. The molecule has 4 N–H and O–H groups in total. The van der Waals surface area contributed by atoms with Crippen molar-refractivity contribution in [1.29, 1.82) is 0 Å². The summed E-state index contributed by atoms with van der Waals surface area (Å²) in [5, 5.41) is 0. The maximum Gasteiger partial charge on any atom is 0.234 e. The van der Waals surface area contributed by atoms with Gasteiger partial charge in [0.25, 0.3) is 0 Å². The first-order chi connectivity index (χ1) is 6.93. The van der Waals surface area contributed by atoms with Gasteiger partial charge < -0.3 is 11.5 Å². The molecular formula is C11H20N2O2. The van der Waals surface area contributed by atoms with E-state index < -0.39 is 11.9 Å². The van der Waals surface area contributed by atoms with Crippen LogP contribution in [0.3, 0.4) is 0 Å². The fourth-order valence-electron chi connectivity index (χ4n) is 2.49. The fourth-order valence-corrected chi connectivity index (χ4v) is 2.49. The average Bonchev–Trinajstić information content (AvgIpc) is 2.15. The van der Waals surface area contributed by atoms with E-state index in [1.165, 1.54) is 0 Å². The summed E-state index contributed by atoms with van der Waals surface area (Å²) in [5.41, 5.74) is 11.0. The van der Waals surface area contributed by atoms with E-state index in [0.29, 0.717) is 24.7 Å². The van der Waals surface area contributed by atoms with Crippen LogP contribution < -0.4 is 11.5 Å². The fraction of sp³-hybridized carbons (Fsp3) is 0.818. The molecule has 0 aromatic rings. The highest BCUT2D eigenvalue weighted by molar-refractivity contribution is 5.83. The normalized spacial score (nSPS) is 29.2. The van der Waals surface area contributed by atoms with E-state index in [0.717, 1.165) is 6.42 Å². The molecule has 3 atom stereocenters. The standard InChI is InChI=1S/C11H20N2O2/c1-6(2)8-4-3-7(14)5-9(8)10(12)11(13)15/h6,8-10H,3-5,12H2,1-2H3,(H2,13,15). The third kappa shape index (κ3) is 2.78. The van der Waals surface area contributed by atoms with Gasteiger partial charge in [-0.15, -0.1) is 0 Å². The predicted octanol–water partition coefficient (Wildman–Crippen LogP) is 0.440. The Balaban J connectivity index is 2.78. The van der Waals surface area contributed by atoms with E-state index in [1.807, 2.05) is 0 Å². The molecule has 0 bridgehead atoms. The third-order valence-electron chi connectivity index (χ3n) is 3.42. The number of primary amides is 1. The molecule has 1 rings (SSSR count). The van der Waals surface area contributed by atoms with Crippen LogP contribution in [0, 0.1) is 17.8 Å². The Morgan fingerprint density at radius 3 is 2.47 bits per heavy atom. The number of nitrogens with two attached hydrogens (primary N) is 2. The summed E-state index contributed by atoms with van der Waals surface area (Å²) >= 11 is 0. The minimum Gasteiger partial charge on any atom is -0.368 e. The van der Waals surface area contributed by atoms with E-state index in [2.05, 4.69) is 13.8 Å². The minimum atomic E-state index is -0.679. The van der Waals surface area contributed by atoms with E-state index >= 15 is 0 Å². The monoisotopic (exact) mass is 212 g/mol. The molecule has 0 heterocycles. The molecule has 3 unspecified atom stereocenters. The summed E-state index contributed by atoms with van der Waals surface area (Å²) in [6.45, 7) is 4.20. The van der Waals surface area contributed by atoms with Gasteiger partial charge in [0, 0.05) is 12.8 Å². The van der Waals surface area contributed by atoms with Gasteiger partial charge in [0.05, 0.1) is 6.04 Å². The molecule has 15 heavy (non-hydrogen) atoms. The van der Waals surface area contributed by atoms with Crippen LogP contribution in [0.1, 0.15) is 33.1 Å². The van der Waals surface area contributed by atoms with Gasteiger partial charge >= 0.3 is 0 Å². The number of ketones is 1. The molecule has 0 aromatic carbocycles. The number of hydrogen-bond acceptors (Lipinski definition) is 3. The van der Waals surface area contributed by atoms with Crippen molar-refractivity contribution in [3.8, 4) is 0 Å². The van der Waals surface area contributed by atoms with Crippen LogP contribution >= 0.6 is 0 Å². The molecule has 4 heteroatoms. The first kappa shape index (κ1) is 12.2. The number of carbonyl (C=O) groups is 2. The van der Waals surface area contributed by atoms with Crippen molar-refractivity contribution in [3.05, 3.63) is 0 Å². The van der Waals surface area contributed by atoms with Crippen molar-refractivity contribution in [2.75, 3.05) is 0 Å². The lowest BCUT2D eigenvalue weighted by Crippen LogP contribution is -2.48. The van der Waals surface area contributed by atoms with Crippen molar-refractivity contribution >= 4 is 11.7 Å². The van der Waals surface area contributed by atoms with Gasteiger partial charge in [-0.3, -0.25) is 9.59 Å². The summed E-state index contributed by atoms with van der Waals surface area (Å²) < 4.78 is 0. The molecule has 0 radical (unpaired) electrons. The Labute approximate surface area is 90.4 Å². The number of Topliss-reactive ketones (excluding diaryl/α,β-unsaturated/α-hetero) is 1. The molecule has 4 nitrogen and oxygen atoms in total. The summed E-state index contributed by atoms with van der Waals surface area (Å²) in [6, 6.07) is -0.679. The second-order valence-corrected chi connectivity index (χ2v) is 4.78. The summed E-state index contributed by atoms with van der Waals surface area (Å²) in [6.07, 6.45) is 1.86. The predicted molar refractivity (Wildman–Crippen MR) is 57.8 cm³/mol. The largest absolute Gasteiger partial charge is 0.368 e. The van der Waals surface area contributed by atoms with Crippen LogP contribution in [0.25, 0.3) is 0 Å². The first-order valence-corrected chi connectivity index (χ1v) is 5.50. The second-order valence-electron chi connectivity index (χ2n) is 4.78. The quantitative estimate of drug-likeness (QED) is 0.711. The molecule has 0 aromatic heterocycles. The molecule has 1 fully saturated rings. The third-order valence-corrected chi connectivity index (χ3v) is 3.42.